The monoisotopic (exact) mass is 270 g/mol. The summed E-state index contributed by atoms with van der Waals surface area (Å²) in [5, 5.41) is 9.83. The van der Waals surface area contributed by atoms with Crippen molar-refractivity contribution in [3.05, 3.63) is 64.2 Å². The first-order valence-electron chi connectivity index (χ1n) is 6.95. The number of aliphatic hydroxyl groups is 1. The molecule has 2 nitrogen and oxygen atoms in total. The van der Waals surface area contributed by atoms with Crippen LogP contribution in [-0.2, 0) is 6.61 Å². The minimum absolute atomic E-state index is 0.518. The van der Waals surface area contributed by atoms with Crippen LogP contribution in [0.4, 0.5) is 0 Å². The van der Waals surface area contributed by atoms with Gasteiger partial charge in [-0.2, -0.15) is 0 Å². The van der Waals surface area contributed by atoms with Gasteiger partial charge < -0.3 is 9.84 Å². The number of aryl methyl sites for hydroxylation is 3. The Balaban J connectivity index is 2.16. The van der Waals surface area contributed by atoms with Crippen LogP contribution < -0.4 is 4.74 Å². The average Bonchev–Trinajstić information content (AvgIpc) is 2.41. The maximum atomic E-state index is 9.83. The van der Waals surface area contributed by atoms with E-state index in [1.165, 1.54) is 11.1 Å². The molecule has 0 aromatic heterocycles. The number of hydrogen-bond donors (Lipinski definition) is 1. The molecule has 0 fully saturated rings. The first-order chi connectivity index (χ1) is 9.47. The Morgan fingerprint density at radius 3 is 2.40 bits per heavy atom. The van der Waals surface area contributed by atoms with Crippen LogP contribution in [0.15, 0.2) is 36.4 Å². The Hall–Kier alpha value is -1.80. The van der Waals surface area contributed by atoms with Gasteiger partial charge in [0.25, 0.3) is 0 Å². The zero-order chi connectivity index (χ0) is 14.7. The summed E-state index contributed by atoms with van der Waals surface area (Å²) in [7, 11) is 0. The number of rotatable bonds is 4. The van der Waals surface area contributed by atoms with E-state index >= 15 is 0 Å². The topological polar surface area (TPSA) is 29.5 Å². The molecule has 0 spiro atoms. The van der Waals surface area contributed by atoms with Crippen LogP contribution in [-0.4, -0.2) is 5.11 Å². The molecule has 0 radical (unpaired) electrons. The summed E-state index contributed by atoms with van der Waals surface area (Å²) in [4.78, 5) is 0. The van der Waals surface area contributed by atoms with E-state index in [2.05, 4.69) is 32.0 Å². The van der Waals surface area contributed by atoms with Gasteiger partial charge in [0.05, 0.1) is 6.10 Å². The molecule has 1 N–H and O–H groups in total. The third-order valence-corrected chi connectivity index (χ3v) is 3.58. The number of benzene rings is 2. The Morgan fingerprint density at radius 2 is 1.75 bits per heavy atom. The molecule has 20 heavy (non-hydrogen) atoms. The van der Waals surface area contributed by atoms with Crippen molar-refractivity contribution in [1.82, 2.24) is 0 Å². The smallest absolute Gasteiger partial charge is 0.125 e. The zero-order valence-corrected chi connectivity index (χ0v) is 12.6. The van der Waals surface area contributed by atoms with Gasteiger partial charge in [0.2, 0.25) is 0 Å². The van der Waals surface area contributed by atoms with Gasteiger partial charge >= 0.3 is 0 Å². The first-order valence-corrected chi connectivity index (χ1v) is 6.95. The molecule has 0 aliphatic carbocycles. The fraction of sp³-hybridized carbons (Fsp3) is 0.333. The Morgan fingerprint density at radius 1 is 1.00 bits per heavy atom. The molecule has 0 amide bonds. The van der Waals surface area contributed by atoms with E-state index in [4.69, 9.17) is 4.74 Å². The summed E-state index contributed by atoms with van der Waals surface area (Å²) in [6.07, 6.45) is -0.523. The third kappa shape index (κ3) is 3.40. The van der Waals surface area contributed by atoms with Crippen molar-refractivity contribution in [2.45, 2.75) is 40.4 Å². The molecule has 0 saturated carbocycles. The van der Waals surface area contributed by atoms with Gasteiger partial charge in [0, 0.05) is 5.56 Å². The second-order valence-corrected chi connectivity index (χ2v) is 5.42. The van der Waals surface area contributed by atoms with Crippen LogP contribution in [0.1, 0.15) is 40.8 Å². The number of hydrogen-bond acceptors (Lipinski definition) is 2. The van der Waals surface area contributed by atoms with Crippen LogP contribution in [0.3, 0.4) is 0 Å². The lowest BCUT2D eigenvalue weighted by Crippen LogP contribution is -2.02. The van der Waals surface area contributed by atoms with Gasteiger partial charge in [-0.15, -0.1) is 0 Å². The second kappa shape index (κ2) is 6.10. The largest absolute Gasteiger partial charge is 0.489 e. The van der Waals surface area contributed by atoms with E-state index < -0.39 is 6.10 Å². The van der Waals surface area contributed by atoms with E-state index in [1.54, 1.807) is 6.92 Å². The highest BCUT2D eigenvalue weighted by Crippen LogP contribution is 2.27. The average molecular weight is 270 g/mol. The molecule has 0 bridgehead atoms. The van der Waals surface area contributed by atoms with E-state index in [0.717, 1.165) is 22.4 Å². The van der Waals surface area contributed by atoms with Crippen molar-refractivity contribution >= 4 is 0 Å². The van der Waals surface area contributed by atoms with Crippen molar-refractivity contribution in [3.63, 3.8) is 0 Å². The van der Waals surface area contributed by atoms with Crippen molar-refractivity contribution < 1.29 is 9.84 Å². The third-order valence-electron chi connectivity index (χ3n) is 3.58. The summed E-state index contributed by atoms with van der Waals surface area (Å²) in [5.41, 5.74) is 5.66. The molecule has 2 aromatic rings. The minimum atomic E-state index is -0.523. The van der Waals surface area contributed by atoms with Crippen LogP contribution in [0.5, 0.6) is 5.75 Å². The van der Waals surface area contributed by atoms with E-state index in [9.17, 15) is 5.11 Å². The normalized spacial score (nSPS) is 12.2. The van der Waals surface area contributed by atoms with E-state index in [1.807, 2.05) is 25.1 Å². The maximum Gasteiger partial charge on any atom is 0.125 e. The van der Waals surface area contributed by atoms with Crippen molar-refractivity contribution in [1.29, 1.82) is 0 Å². The Bertz CT molecular complexity index is 600. The number of aliphatic hydroxyl groups excluding tert-OH is 1. The molecule has 0 saturated heterocycles. The van der Waals surface area contributed by atoms with E-state index in [0.29, 0.717) is 6.61 Å². The van der Waals surface area contributed by atoms with Gasteiger partial charge in [-0.3, -0.25) is 0 Å². The van der Waals surface area contributed by atoms with Gasteiger partial charge in [0.1, 0.15) is 12.4 Å². The van der Waals surface area contributed by atoms with Crippen LogP contribution in [0, 0.1) is 20.8 Å². The molecule has 0 unspecified atom stereocenters. The minimum Gasteiger partial charge on any atom is -0.489 e. The SMILES string of the molecule is Cc1ccc(OCc2ccc(C)c(C)c2)c([C@H](C)O)c1. The molecule has 2 rings (SSSR count). The highest BCUT2D eigenvalue weighted by Gasteiger charge is 2.09. The number of ether oxygens (including phenoxy) is 1. The highest BCUT2D eigenvalue weighted by atomic mass is 16.5. The predicted octanol–water partition coefficient (Wildman–Crippen LogP) is 4.24. The van der Waals surface area contributed by atoms with Gasteiger partial charge in [-0.05, 0) is 56.5 Å². The Labute approximate surface area is 121 Å². The van der Waals surface area contributed by atoms with Gasteiger partial charge in [0.15, 0.2) is 0 Å². The lowest BCUT2D eigenvalue weighted by molar-refractivity contribution is 0.190. The summed E-state index contributed by atoms with van der Waals surface area (Å²) >= 11 is 0. The molecular weight excluding hydrogens is 248 g/mol. The summed E-state index contributed by atoms with van der Waals surface area (Å²) in [6.45, 7) is 8.50. The zero-order valence-electron chi connectivity index (χ0n) is 12.6. The molecule has 0 heterocycles. The van der Waals surface area contributed by atoms with Crippen LogP contribution in [0.2, 0.25) is 0 Å². The molecule has 2 heteroatoms. The van der Waals surface area contributed by atoms with Gasteiger partial charge in [-0.1, -0.05) is 29.8 Å². The quantitative estimate of drug-likeness (QED) is 0.900. The second-order valence-electron chi connectivity index (χ2n) is 5.42. The summed E-state index contributed by atoms with van der Waals surface area (Å²) in [5.74, 6) is 0.754. The summed E-state index contributed by atoms with van der Waals surface area (Å²) in [6, 6.07) is 12.2. The molecule has 0 aliphatic rings. The van der Waals surface area contributed by atoms with Crippen molar-refractivity contribution in [2.75, 3.05) is 0 Å². The van der Waals surface area contributed by atoms with Crippen molar-refractivity contribution in [2.24, 2.45) is 0 Å². The molecule has 106 valence electrons. The van der Waals surface area contributed by atoms with Crippen LogP contribution >= 0.6 is 0 Å². The van der Waals surface area contributed by atoms with Gasteiger partial charge in [-0.25, -0.2) is 0 Å². The molecular formula is C18H22O2. The molecule has 2 aromatic carbocycles. The van der Waals surface area contributed by atoms with Crippen molar-refractivity contribution in [3.8, 4) is 5.75 Å². The fourth-order valence-corrected chi connectivity index (χ4v) is 2.18. The standard InChI is InChI=1S/C18H22O2/c1-12-5-8-18(17(9-12)15(4)19)20-11-16-7-6-13(2)14(3)10-16/h5-10,15,19H,11H2,1-4H3/t15-/m0/s1. The highest BCUT2D eigenvalue weighted by molar-refractivity contribution is 5.38. The lowest BCUT2D eigenvalue weighted by atomic mass is 10.1. The lowest BCUT2D eigenvalue weighted by Gasteiger charge is -2.15. The fourth-order valence-electron chi connectivity index (χ4n) is 2.18. The molecule has 1 atom stereocenters. The van der Waals surface area contributed by atoms with Crippen LogP contribution in [0.25, 0.3) is 0 Å². The van der Waals surface area contributed by atoms with E-state index in [-0.39, 0.29) is 0 Å². The molecule has 0 aliphatic heterocycles. The Kier molecular flexibility index (Phi) is 4.46. The first kappa shape index (κ1) is 14.6. The summed E-state index contributed by atoms with van der Waals surface area (Å²) < 4.78 is 5.87. The maximum absolute atomic E-state index is 9.83. The predicted molar refractivity (Wildman–Crippen MR) is 82.1 cm³/mol.